The Morgan fingerprint density at radius 3 is 3.06 bits per heavy atom. The summed E-state index contributed by atoms with van der Waals surface area (Å²) >= 11 is 1.67. The van der Waals surface area contributed by atoms with E-state index in [1.54, 1.807) is 17.7 Å². The van der Waals surface area contributed by atoms with Crippen LogP contribution in [0.15, 0.2) is 11.7 Å². The van der Waals surface area contributed by atoms with Crippen LogP contribution in [0, 0.1) is 6.92 Å². The van der Waals surface area contributed by atoms with Gasteiger partial charge in [0, 0.05) is 12.6 Å². The molecule has 0 bridgehead atoms. The summed E-state index contributed by atoms with van der Waals surface area (Å²) in [5.74, 6) is 0.901. The average molecular weight is 251 g/mol. The fourth-order valence-corrected chi connectivity index (χ4v) is 2.73. The highest BCUT2D eigenvalue weighted by Gasteiger charge is 2.10. The number of aromatic nitrogens is 2. The Kier molecular flexibility index (Phi) is 3.91. The van der Waals surface area contributed by atoms with E-state index in [0.717, 1.165) is 28.9 Å². The molecular weight excluding hydrogens is 234 g/mol. The third-order valence-electron chi connectivity index (χ3n) is 2.71. The molecule has 0 aliphatic heterocycles. The van der Waals surface area contributed by atoms with Crippen LogP contribution in [0.3, 0.4) is 0 Å². The SMILES string of the molecule is Cc1csc2c(NC(C)CCCO)ncnc12. The molecule has 0 radical (unpaired) electrons. The number of hydrogen-bond acceptors (Lipinski definition) is 5. The maximum Gasteiger partial charge on any atom is 0.147 e. The Morgan fingerprint density at radius 2 is 2.29 bits per heavy atom. The van der Waals surface area contributed by atoms with E-state index in [9.17, 15) is 0 Å². The van der Waals surface area contributed by atoms with Gasteiger partial charge in [-0.2, -0.15) is 0 Å². The molecule has 2 aromatic heterocycles. The number of nitrogens with one attached hydrogen (secondary N) is 1. The number of rotatable bonds is 5. The molecule has 17 heavy (non-hydrogen) atoms. The van der Waals surface area contributed by atoms with E-state index in [1.165, 1.54) is 5.56 Å². The van der Waals surface area contributed by atoms with Crippen molar-refractivity contribution in [1.29, 1.82) is 0 Å². The van der Waals surface area contributed by atoms with Crippen LogP contribution >= 0.6 is 11.3 Å². The molecule has 2 rings (SSSR count). The van der Waals surface area contributed by atoms with Gasteiger partial charge >= 0.3 is 0 Å². The van der Waals surface area contributed by atoms with Crippen molar-refractivity contribution in [1.82, 2.24) is 9.97 Å². The second-order valence-corrected chi connectivity index (χ2v) is 5.11. The Bertz CT molecular complexity index is 497. The van der Waals surface area contributed by atoms with Crippen LogP contribution in [-0.2, 0) is 0 Å². The molecule has 1 unspecified atom stereocenters. The quantitative estimate of drug-likeness (QED) is 0.857. The van der Waals surface area contributed by atoms with Crippen LogP contribution in [0.1, 0.15) is 25.3 Å². The summed E-state index contributed by atoms with van der Waals surface area (Å²) < 4.78 is 1.11. The number of hydrogen-bond donors (Lipinski definition) is 2. The summed E-state index contributed by atoms with van der Waals surface area (Å²) in [4.78, 5) is 8.58. The van der Waals surface area contributed by atoms with Crippen LogP contribution in [0.2, 0.25) is 0 Å². The molecule has 0 aromatic carbocycles. The van der Waals surface area contributed by atoms with Gasteiger partial charge in [0.1, 0.15) is 12.1 Å². The van der Waals surface area contributed by atoms with Gasteiger partial charge in [0.15, 0.2) is 0 Å². The smallest absolute Gasteiger partial charge is 0.147 e. The minimum absolute atomic E-state index is 0.239. The zero-order chi connectivity index (χ0) is 12.3. The van der Waals surface area contributed by atoms with Crippen molar-refractivity contribution in [2.45, 2.75) is 32.7 Å². The van der Waals surface area contributed by atoms with Crippen LogP contribution < -0.4 is 5.32 Å². The summed E-state index contributed by atoms with van der Waals surface area (Å²) in [6, 6.07) is 0.308. The average Bonchev–Trinajstić information content (AvgIpc) is 2.70. The van der Waals surface area contributed by atoms with Crippen molar-refractivity contribution >= 4 is 27.4 Å². The minimum atomic E-state index is 0.239. The second-order valence-electron chi connectivity index (χ2n) is 4.23. The van der Waals surface area contributed by atoms with Crippen LogP contribution in [0.25, 0.3) is 10.2 Å². The lowest BCUT2D eigenvalue weighted by Gasteiger charge is -2.13. The van der Waals surface area contributed by atoms with Gasteiger partial charge in [0.2, 0.25) is 0 Å². The maximum atomic E-state index is 8.80. The van der Waals surface area contributed by atoms with E-state index in [1.807, 2.05) is 0 Å². The van der Waals surface area contributed by atoms with Crippen molar-refractivity contribution in [2.75, 3.05) is 11.9 Å². The zero-order valence-corrected chi connectivity index (χ0v) is 10.9. The van der Waals surface area contributed by atoms with Crippen molar-refractivity contribution in [3.05, 3.63) is 17.3 Å². The number of anilines is 1. The fourth-order valence-electron chi connectivity index (χ4n) is 1.78. The van der Waals surface area contributed by atoms with E-state index in [4.69, 9.17) is 5.11 Å². The highest BCUT2D eigenvalue weighted by Crippen LogP contribution is 2.28. The molecule has 0 aliphatic carbocycles. The predicted molar refractivity (Wildman–Crippen MR) is 71.6 cm³/mol. The molecule has 4 nitrogen and oxygen atoms in total. The highest BCUT2D eigenvalue weighted by molar-refractivity contribution is 7.18. The van der Waals surface area contributed by atoms with E-state index in [2.05, 4.69) is 34.5 Å². The summed E-state index contributed by atoms with van der Waals surface area (Å²) in [5.41, 5.74) is 2.22. The molecule has 0 amide bonds. The molecule has 1 atom stereocenters. The standard InChI is InChI=1S/C12H17N3OS/c1-8-6-17-11-10(8)13-7-14-12(11)15-9(2)4-3-5-16/h6-7,9,16H,3-5H2,1-2H3,(H,13,14,15). The molecule has 0 saturated heterocycles. The normalized spacial score (nSPS) is 12.9. The van der Waals surface area contributed by atoms with E-state index in [0.29, 0.717) is 6.04 Å². The maximum absolute atomic E-state index is 8.80. The molecule has 5 heteroatoms. The number of aryl methyl sites for hydroxylation is 1. The molecule has 0 spiro atoms. The second kappa shape index (κ2) is 5.42. The lowest BCUT2D eigenvalue weighted by Crippen LogP contribution is -2.16. The van der Waals surface area contributed by atoms with E-state index in [-0.39, 0.29) is 6.61 Å². The number of fused-ring (bicyclic) bond motifs is 1. The van der Waals surface area contributed by atoms with Crippen molar-refractivity contribution in [3.8, 4) is 0 Å². The van der Waals surface area contributed by atoms with Crippen molar-refractivity contribution in [3.63, 3.8) is 0 Å². The molecule has 2 N–H and O–H groups in total. The number of thiophene rings is 1. The first-order valence-corrected chi connectivity index (χ1v) is 6.66. The Morgan fingerprint density at radius 1 is 1.47 bits per heavy atom. The minimum Gasteiger partial charge on any atom is -0.396 e. The predicted octanol–water partition coefficient (Wildman–Crippen LogP) is 2.57. The zero-order valence-electron chi connectivity index (χ0n) is 10.1. The lowest BCUT2D eigenvalue weighted by atomic mass is 10.2. The first-order valence-electron chi connectivity index (χ1n) is 5.78. The lowest BCUT2D eigenvalue weighted by molar-refractivity contribution is 0.282. The van der Waals surface area contributed by atoms with Gasteiger partial charge in [0.25, 0.3) is 0 Å². The topological polar surface area (TPSA) is 58.0 Å². The van der Waals surface area contributed by atoms with Gasteiger partial charge in [-0.05, 0) is 37.6 Å². The first kappa shape index (κ1) is 12.3. The first-order chi connectivity index (χ1) is 8.22. The molecule has 2 aromatic rings. The van der Waals surface area contributed by atoms with Crippen LogP contribution in [-0.4, -0.2) is 27.7 Å². The third-order valence-corrected chi connectivity index (χ3v) is 3.80. The Hall–Kier alpha value is -1.20. The number of aliphatic hydroxyl groups is 1. The van der Waals surface area contributed by atoms with E-state index < -0.39 is 0 Å². The molecule has 0 saturated carbocycles. The summed E-state index contributed by atoms with van der Waals surface area (Å²) in [6.07, 6.45) is 3.35. The van der Waals surface area contributed by atoms with Crippen molar-refractivity contribution in [2.24, 2.45) is 0 Å². The fraction of sp³-hybridized carbons (Fsp3) is 0.500. The Balaban J connectivity index is 2.18. The summed E-state index contributed by atoms with van der Waals surface area (Å²) in [7, 11) is 0. The van der Waals surface area contributed by atoms with Gasteiger partial charge < -0.3 is 10.4 Å². The van der Waals surface area contributed by atoms with Gasteiger partial charge in [-0.15, -0.1) is 11.3 Å². The number of aliphatic hydroxyl groups excluding tert-OH is 1. The van der Waals surface area contributed by atoms with Crippen LogP contribution in [0.4, 0.5) is 5.82 Å². The van der Waals surface area contributed by atoms with Crippen LogP contribution in [0.5, 0.6) is 0 Å². The Labute approximate surface area is 105 Å². The molecule has 0 fully saturated rings. The van der Waals surface area contributed by atoms with Crippen molar-refractivity contribution < 1.29 is 5.11 Å². The monoisotopic (exact) mass is 251 g/mol. The van der Waals surface area contributed by atoms with Gasteiger partial charge in [-0.25, -0.2) is 9.97 Å². The highest BCUT2D eigenvalue weighted by atomic mass is 32.1. The molecule has 92 valence electrons. The summed E-state index contributed by atoms with van der Waals surface area (Å²) in [6.45, 7) is 4.40. The largest absolute Gasteiger partial charge is 0.396 e. The van der Waals surface area contributed by atoms with Gasteiger partial charge in [-0.1, -0.05) is 0 Å². The van der Waals surface area contributed by atoms with E-state index >= 15 is 0 Å². The van der Waals surface area contributed by atoms with Gasteiger partial charge in [-0.3, -0.25) is 0 Å². The summed E-state index contributed by atoms with van der Waals surface area (Å²) in [5, 5.41) is 14.3. The van der Waals surface area contributed by atoms with Gasteiger partial charge in [0.05, 0.1) is 10.2 Å². The molecular formula is C12H17N3OS. The molecule has 0 aliphatic rings. The molecule has 2 heterocycles. The third kappa shape index (κ3) is 2.73. The number of nitrogens with zero attached hydrogens (tertiary/aromatic N) is 2.